The quantitative estimate of drug-likeness (QED) is 0.925. The van der Waals surface area contributed by atoms with Crippen LogP contribution in [0.25, 0.3) is 5.57 Å². The Bertz CT molecular complexity index is 561. The highest BCUT2D eigenvalue weighted by Gasteiger charge is 2.03. The minimum atomic E-state index is 0.0519. The van der Waals surface area contributed by atoms with Gasteiger partial charge in [0, 0.05) is 5.69 Å². The summed E-state index contributed by atoms with van der Waals surface area (Å²) in [6, 6.07) is 7.70. The van der Waals surface area contributed by atoms with Crippen LogP contribution in [0.2, 0.25) is 10.6 Å². The maximum absolute atomic E-state index is 5.68. The molecule has 0 unspecified atom stereocenters. The van der Waals surface area contributed by atoms with E-state index in [1.807, 2.05) is 31.2 Å². The standard InChI is InChI=1S/C12H10Cl2N4/c1-7(2)8-3-5-9(6-4-8)15-12-17-10(13)16-11(14)18-12/h3-6H,1H2,2H3,(H,15,16,17,18). The van der Waals surface area contributed by atoms with Gasteiger partial charge in [-0.3, -0.25) is 0 Å². The van der Waals surface area contributed by atoms with Crippen molar-refractivity contribution in [3.05, 3.63) is 47.0 Å². The molecule has 0 saturated heterocycles. The van der Waals surface area contributed by atoms with Crippen molar-refractivity contribution in [2.75, 3.05) is 5.32 Å². The largest absolute Gasteiger partial charge is 0.324 e. The number of hydrogen-bond acceptors (Lipinski definition) is 4. The predicted molar refractivity (Wildman–Crippen MR) is 74.3 cm³/mol. The van der Waals surface area contributed by atoms with Gasteiger partial charge in [0.15, 0.2) is 0 Å². The molecule has 0 aliphatic heterocycles. The summed E-state index contributed by atoms with van der Waals surface area (Å²) in [6.07, 6.45) is 0. The van der Waals surface area contributed by atoms with E-state index >= 15 is 0 Å². The Kier molecular flexibility index (Phi) is 3.79. The lowest BCUT2D eigenvalue weighted by atomic mass is 10.1. The average molecular weight is 281 g/mol. The highest BCUT2D eigenvalue weighted by atomic mass is 35.5. The van der Waals surface area contributed by atoms with E-state index in [4.69, 9.17) is 23.2 Å². The van der Waals surface area contributed by atoms with Crippen LogP contribution in [0.4, 0.5) is 11.6 Å². The molecular formula is C12H10Cl2N4. The molecule has 0 spiro atoms. The molecular weight excluding hydrogens is 271 g/mol. The van der Waals surface area contributed by atoms with E-state index in [0.717, 1.165) is 16.8 Å². The molecule has 1 aromatic heterocycles. The Balaban J connectivity index is 2.20. The van der Waals surface area contributed by atoms with Gasteiger partial charge in [0.05, 0.1) is 0 Å². The second-order valence-corrected chi connectivity index (χ2v) is 4.36. The summed E-state index contributed by atoms with van der Waals surface area (Å²) in [5, 5.41) is 3.09. The lowest BCUT2D eigenvalue weighted by Gasteiger charge is -2.06. The van der Waals surface area contributed by atoms with E-state index in [0.29, 0.717) is 5.95 Å². The molecule has 0 aliphatic carbocycles. The molecule has 0 amide bonds. The molecule has 92 valence electrons. The fraction of sp³-hybridized carbons (Fsp3) is 0.0833. The third-order valence-corrected chi connectivity index (χ3v) is 2.55. The van der Waals surface area contributed by atoms with Crippen LogP contribution >= 0.6 is 23.2 Å². The lowest BCUT2D eigenvalue weighted by Crippen LogP contribution is -1.99. The number of benzene rings is 1. The van der Waals surface area contributed by atoms with E-state index in [1.54, 1.807) is 0 Å². The number of nitrogens with one attached hydrogen (secondary N) is 1. The third kappa shape index (κ3) is 3.18. The normalized spacial score (nSPS) is 10.2. The Morgan fingerprint density at radius 3 is 2.11 bits per heavy atom. The number of allylic oxidation sites excluding steroid dienone is 1. The molecule has 0 bridgehead atoms. The predicted octanol–water partition coefficient (Wildman–Crippen LogP) is 3.96. The summed E-state index contributed by atoms with van der Waals surface area (Å²) in [4.78, 5) is 11.5. The Hall–Kier alpha value is -1.65. The Labute approximate surface area is 115 Å². The summed E-state index contributed by atoms with van der Waals surface area (Å²) in [7, 11) is 0. The zero-order chi connectivity index (χ0) is 13.1. The summed E-state index contributed by atoms with van der Waals surface area (Å²) in [6.45, 7) is 5.83. The van der Waals surface area contributed by atoms with Crippen molar-refractivity contribution in [1.29, 1.82) is 0 Å². The second kappa shape index (κ2) is 5.33. The third-order valence-electron chi connectivity index (χ3n) is 2.21. The molecule has 0 saturated carbocycles. The molecule has 2 aromatic rings. The highest BCUT2D eigenvalue weighted by molar-refractivity contribution is 6.31. The highest BCUT2D eigenvalue weighted by Crippen LogP contribution is 2.19. The van der Waals surface area contributed by atoms with Crippen molar-refractivity contribution in [2.24, 2.45) is 0 Å². The van der Waals surface area contributed by atoms with Gasteiger partial charge in [0.2, 0.25) is 16.5 Å². The van der Waals surface area contributed by atoms with Crippen molar-refractivity contribution in [1.82, 2.24) is 15.0 Å². The van der Waals surface area contributed by atoms with Gasteiger partial charge >= 0.3 is 0 Å². The summed E-state index contributed by atoms with van der Waals surface area (Å²) in [5.41, 5.74) is 2.92. The zero-order valence-corrected chi connectivity index (χ0v) is 11.1. The number of rotatable bonds is 3. The minimum Gasteiger partial charge on any atom is -0.324 e. The smallest absolute Gasteiger partial charge is 0.232 e. The van der Waals surface area contributed by atoms with Crippen LogP contribution in [0.5, 0.6) is 0 Å². The first-order chi connectivity index (χ1) is 8.54. The van der Waals surface area contributed by atoms with Crippen LogP contribution in [0.1, 0.15) is 12.5 Å². The lowest BCUT2D eigenvalue weighted by molar-refractivity contribution is 1.05. The molecule has 1 N–H and O–H groups in total. The van der Waals surface area contributed by atoms with Crippen molar-refractivity contribution >= 4 is 40.4 Å². The number of anilines is 2. The first-order valence-electron chi connectivity index (χ1n) is 5.14. The molecule has 6 heteroatoms. The molecule has 0 aliphatic rings. The summed E-state index contributed by atoms with van der Waals surface area (Å²) < 4.78 is 0. The van der Waals surface area contributed by atoms with Crippen molar-refractivity contribution < 1.29 is 0 Å². The fourth-order valence-electron chi connectivity index (χ4n) is 1.35. The monoisotopic (exact) mass is 280 g/mol. The number of halogens is 2. The summed E-state index contributed by atoms with van der Waals surface area (Å²) >= 11 is 11.4. The van der Waals surface area contributed by atoms with Gasteiger partial charge in [-0.2, -0.15) is 15.0 Å². The maximum Gasteiger partial charge on any atom is 0.232 e. The maximum atomic E-state index is 5.68. The van der Waals surface area contributed by atoms with Gasteiger partial charge in [-0.15, -0.1) is 0 Å². The van der Waals surface area contributed by atoms with Crippen molar-refractivity contribution in [3.8, 4) is 0 Å². The SMILES string of the molecule is C=C(C)c1ccc(Nc2nc(Cl)nc(Cl)n2)cc1. The zero-order valence-electron chi connectivity index (χ0n) is 9.61. The first kappa shape index (κ1) is 12.8. The van der Waals surface area contributed by atoms with Crippen LogP contribution in [-0.2, 0) is 0 Å². The van der Waals surface area contributed by atoms with Gasteiger partial charge in [0.25, 0.3) is 0 Å². The van der Waals surface area contributed by atoms with Gasteiger partial charge in [-0.05, 0) is 47.8 Å². The van der Waals surface area contributed by atoms with Crippen LogP contribution in [0, 0.1) is 0 Å². The van der Waals surface area contributed by atoms with Crippen LogP contribution in [0.15, 0.2) is 30.8 Å². The minimum absolute atomic E-state index is 0.0519. The second-order valence-electron chi connectivity index (χ2n) is 3.68. The van der Waals surface area contributed by atoms with Crippen LogP contribution in [0.3, 0.4) is 0 Å². The van der Waals surface area contributed by atoms with Gasteiger partial charge in [0.1, 0.15) is 0 Å². The molecule has 18 heavy (non-hydrogen) atoms. The Morgan fingerprint density at radius 1 is 1.06 bits per heavy atom. The molecule has 0 fully saturated rings. The van der Waals surface area contributed by atoms with Crippen molar-refractivity contribution in [2.45, 2.75) is 6.92 Å². The molecule has 2 rings (SSSR count). The summed E-state index contributed by atoms with van der Waals surface area (Å²) in [5.74, 6) is 0.308. The molecule has 4 nitrogen and oxygen atoms in total. The van der Waals surface area contributed by atoms with E-state index < -0.39 is 0 Å². The van der Waals surface area contributed by atoms with Gasteiger partial charge in [-0.1, -0.05) is 24.3 Å². The van der Waals surface area contributed by atoms with E-state index in [2.05, 4.69) is 26.8 Å². The molecule has 0 atom stereocenters. The molecule has 1 heterocycles. The fourth-order valence-corrected chi connectivity index (χ4v) is 1.71. The van der Waals surface area contributed by atoms with Crippen LogP contribution < -0.4 is 5.32 Å². The number of hydrogen-bond donors (Lipinski definition) is 1. The van der Waals surface area contributed by atoms with E-state index in [1.165, 1.54) is 0 Å². The van der Waals surface area contributed by atoms with Gasteiger partial charge < -0.3 is 5.32 Å². The number of nitrogens with zero attached hydrogens (tertiary/aromatic N) is 3. The topological polar surface area (TPSA) is 50.7 Å². The Morgan fingerprint density at radius 2 is 1.61 bits per heavy atom. The van der Waals surface area contributed by atoms with Crippen LogP contribution in [-0.4, -0.2) is 15.0 Å². The van der Waals surface area contributed by atoms with E-state index in [-0.39, 0.29) is 10.6 Å². The van der Waals surface area contributed by atoms with Crippen molar-refractivity contribution in [3.63, 3.8) is 0 Å². The van der Waals surface area contributed by atoms with E-state index in [9.17, 15) is 0 Å². The number of aromatic nitrogens is 3. The first-order valence-corrected chi connectivity index (χ1v) is 5.90. The molecule has 1 aromatic carbocycles. The average Bonchev–Trinajstić information content (AvgIpc) is 2.28. The molecule has 0 radical (unpaired) electrons. The van der Waals surface area contributed by atoms with Gasteiger partial charge in [-0.25, -0.2) is 0 Å².